The Kier molecular flexibility index (Phi) is 5.95. The average molecular weight is 374 g/mol. The number of methoxy groups -OCH3 is 1. The van der Waals surface area contributed by atoms with Crippen LogP contribution in [-0.2, 0) is 20.8 Å². The zero-order valence-electron chi connectivity index (χ0n) is 16.1. The summed E-state index contributed by atoms with van der Waals surface area (Å²) in [5.41, 5.74) is 1.28. The molecule has 0 radical (unpaired) electrons. The van der Waals surface area contributed by atoms with Crippen molar-refractivity contribution >= 4 is 5.91 Å². The second-order valence-corrected chi connectivity index (χ2v) is 7.74. The molecule has 1 aromatic carbocycles. The minimum atomic E-state index is 0.0280. The lowest BCUT2D eigenvalue weighted by molar-refractivity contribution is -0.145. The minimum Gasteiger partial charge on any atom is -0.497 e. The van der Waals surface area contributed by atoms with E-state index < -0.39 is 0 Å². The SMILES string of the molecule is COc1ccc(CN2CCO[C@H]3[C@H](OCC(=O)N4CCCC4)CC[C@@H]32)cc1. The van der Waals surface area contributed by atoms with E-state index in [4.69, 9.17) is 14.2 Å². The summed E-state index contributed by atoms with van der Waals surface area (Å²) in [7, 11) is 1.69. The van der Waals surface area contributed by atoms with Gasteiger partial charge in [0, 0.05) is 32.2 Å². The number of hydrogen-bond donors (Lipinski definition) is 0. The first-order valence-electron chi connectivity index (χ1n) is 10.1. The number of morpholine rings is 1. The van der Waals surface area contributed by atoms with Crippen molar-refractivity contribution in [2.75, 3.05) is 40.0 Å². The molecule has 0 aromatic heterocycles. The Balaban J connectivity index is 1.31. The topological polar surface area (TPSA) is 51.2 Å². The molecule has 2 aliphatic heterocycles. The highest BCUT2D eigenvalue weighted by Crippen LogP contribution is 2.33. The number of likely N-dealkylation sites (tertiary alicyclic amines) is 1. The lowest BCUT2D eigenvalue weighted by Crippen LogP contribution is -2.51. The van der Waals surface area contributed by atoms with Crippen LogP contribution in [-0.4, -0.2) is 73.9 Å². The maximum Gasteiger partial charge on any atom is 0.248 e. The Morgan fingerprint density at radius 2 is 1.93 bits per heavy atom. The molecule has 4 rings (SSSR count). The van der Waals surface area contributed by atoms with Crippen LogP contribution < -0.4 is 4.74 Å². The molecule has 3 atom stereocenters. The Morgan fingerprint density at radius 3 is 2.67 bits per heavy atom. The maximum atomic E-state index is 12.3. The molecule has 6 nitrogen and oxygen atoms in total. The zero-order valence-corrected chi connectivity index (χ0v) is 16.1. The molecule has 0 bridgehead atoms. The lowest BCUT2D eigenvalue weighted by atomic mass is 10.1. The van der Waals surface area contributed by atoms with E-state index in [9.17, 15) is 4.79 Å². The number of amides is 1. The second kappa shape index (κ2) is 8.59. The molecule has 1 aliphatic carbocycles. The van der Waals surface area contributed by atoms with Crippen molar-refractivity contribution in [1.29, 1.82) is 0 Å². The highest BCUT2D eigenvalue weighted by atomic mass is 16.5. The standard InChI is InChI=1S/C21H30N2O4/c1-25-17-6-4-16(5-7-17)14-23-12-13-26-21-18(23)8-9-19(21)27-15-20(24)22-10-2-3-11-22/h4-7,18-19,21H,2-3,8-15H2,1H3/t18-,19+,21+/m0/s1. The number of fused-ring (bicyclic) bond motifs is 1. The number of hydrogen-bond acceptors (Lipinski definition) is 5. The molecule has 148 valence electrons. The molecule has 1 aromatic rings. The van der Waals surface area contributed by atoms with Gasteiger partial charge in [-0.1, -0.05) is 12.1 Å². The highest BCUT2D eigenvalue weighted by Gasteiger charge is 2.43. The number of nitrogens with zero attached hydrogens (tertiary/aromatic N) is 2. The van der Waals surface area contributed by atoms with Crippen molar-refractivity contribution in [3.05, 3.63) is 29.8 Å². The summed E-state index contributed by atoms with van der Waals surface area (Å²) >= 11 is 0. The molecule has 3 aliphatic rings. The van der Waals surface area contributed by atoms with E-state index in [1.807, 2.05) is 17.0 Å². The summed E-state index contributed by atoms with van der Waals surface area (Å²) in [4.78, 5) is 16.7. The summed E-state index contributed by atoms with van der Waals surface area (Å²) in [6, 6.07) is 8.64. The molecule has 0 spiro atoms. The van der Waals surface area contributed by atoms with Gasteiger partial charge >= 0.3 is 0 Å². The van der Waals surface area contributed by atoms with Crippen molar-refractivity contribution in [2.24, 2.45) is 0 Å². The van der Waals surface area contributed by atoms with Crippen LogP contribution in [0.15, 0.2) is 24.3 Å². The van der Waals surface area contributed by atoms with Crippen molar-refractivity contribution in [3.8, 4) is 5.75 Å². The van der Waals surface area contributed by atoms with Gasteiger partial charge in [-0.15, -0.1) is 0 Å². The van der Waals surface area contributed by atoms with Gasteiger partial charge in [0.1, 0.15) is 12.4 Å². The predicted octanol–water partition coefficient (Wildman–Crippen LogP) is 2.07. The quantitative estimate of drug-likeness (QED) is 0.763. The van der Waals surface area contributed by atoms with Crippen LogP contribution in [0.25, 0.3) is 0 Å². The van der Waals surface area contributed by atoms with E-state index >= 15 is 0 Å². The molecular formula is C21H30N2O4. The monoisotopic (exact) mass is 374 g/mol. The minimum absolute atomic E-state index is 0.0280. The molecule has 0 N–H and O–H groups in total. The summed E-state index contributed by atoms with van der Waals surface area (Å²) in [6.45, 7) is 4.52. The summed E-state index contributed by atoms with van der Waals surface area (Å²) < 4.78 is 17.3. The van der Waals surface area contributed by atoms with E-state index in [2.05, 4.69) is 17.0 Å². The van der Waals surface area contributed by atoms with Gasteiger partial charge in [-0.05, 0) is 43.4 Å². The molecule has 2 heterocycles. The third kappa shape index (κ3) is 4.28. The smallest absolute Gasteiger partial charge is 0.248 e. The van der Waals surface area contributed by atoms with Gasteiger partial charge in [0.05, 0.1) is 25.9 Å². The number of rotatable bonds is 6. The Bertz CT molecular complexity index is 630. The Labute approximate surface area is 161 Å². The van der Waals surface area contributed by atoms with Crippen LogP contribution in [0.5, 0.6) is 5.75 Å². The van der Waals surface area contributed by atoms with E-state index in [0.717, 1.165) is 64.2 Å². The van der Waals surface area contributed by atoms with E-state index in [1.165, 1.54) is 5.56 Å². The molecule has 2 saturated heterocycles. The van der Waals surface area contributed by atoms with Crippen LogP contribution in [0.1, 0.15) is 31.2 Å². The molecule has 27 heavy (non-hydrogen) atoms. The van der Waals surface area contributed by atoms with Gasteiger partial charge in [0.2, 0.25) is 5.91 Å². The van der Waals surface area contributed by atoms with Crippen LogP contribution in [0.2, 0.25) is 0 Å². The van der Waals surface area contributed by atoms with Crippen LogP contribution >= 0.6 is 0 Å². The second-order valence-electron chi connectivity index (χ2n) is 7.74. The first-order valence-corrected chi connectivity index (χ1v) is 10.1. The van der Waals surface area contributed by atoms with Crippen LogP contribution in [0.3, 0.4) is 0 Å². The third-order valence-electron chi connectivity index (χ3n) is 6.07. The first-order chi connectivity index (χ1) is 13.2. The summed E-state index contributed by atoms with van der Waals surface area (Å²) in [5.74, 6) is 1.01. The van der Waals surface area contributed by atoms with Gasteiger partial charge in [0.25, 0.3) is 0 Å². The van der Waals surface area contributed by atoms with Crippen molar-refractivity contribution < 1.29 is 19.0 Å². The molecule has 1 amide bonds. The van der Waals surface area contributed by atoms with Crippen molar-refractivity contribution in [1.82, 2.24) is 9.80 Å². The van der Waals surface area contributed by atoms with Gasteiger partial charge in [-0.3, -0.25) is 9.69 Å². The van der Waals surface area contributed by atoms with Crippen LogP contribution in [0, 0.1) is 0 Å². The Hall–Kier alpha value is -1.63. The van der Waals surface area contributed by atoms with E-state index in [-0.39, 0.29) is 24.7 Å². The largest absolute Gasteiger partial charge is 0.497 e. The third-order valence-corrected chi connectivity index (χ3v) is 6.07. The van der Waals surface area contributed by atoms with E-state index in [1.54, 1.807) is 7.11 Å². The van der Waals surface area contributed by atoms with Crippen molar-refractivity contribution in [3.63, 3.8) is 0 Å². The van der Waals surface area contributed by atoms with Gasteiger partial charge < -0.3 is 19.1 Å². The fourth-order valence-electron chi connectivity index (χ4n) is 4.57. The molecular weight excluding hydrogens is 344 g/mol. The fraction of sp³-hybridized carbons (Fsp3) is 0.667. The first kappa shape index (κ1) is 18.7. The Morgan fingerprint density at radius 1 is 1.15 bits per heavy atom. The van der Waals surface area contributed by atoms with Gasteiger partial charge in [-0.2, -0.15) is 0 Å². The number of carbonyl (C=O) groups is 1. The average Bonchev–Trinajstić information content (AvgIpc) is 3.37. The maximum absolute atomic E-state index is 12.3. The normalized spacial score (nSPS) is 28.3. The van der Waals surface area contributed by atoms with Crippen molar-refractivity contribution in [2.45, 2.75) is 50.5 Å². The van der Waals surface area contributed by atoms with Gasteiger partial charge in [-0.25, -0.2) is 0 Å². The molecule has 6 heteroatoms. The zero-order chi connectivity index (χ0) is 18.6. The predicted molar refractivity (Wildman–Crippen MR) is 102 cm³/mol. The summed E-state index contributed by atoms with van der Waals surface area (Å²) in [6.07, 6.45) is 4.35. The van der Waals surface area contributed by atoms with Crippen LogP contribution in [0.4, 0.5) is 0 Å². The molecule has 0 unspecified atom stereocenters. The highest BCUT2D eigenvalue weighted by molar-refractivity contribution is 5.77. The number of ether oxygens (including phenoxy) is 3. The summed E-state index contributed by atoms with van der Waals surface area (Å²) in [5, 5.41) is 0. The van der Waals surface area contributed by atoms with E-state index in [0.29, 0.717) is 6.04 Å². The number of benzene rings is 1. The lowest BCUT2D eigenvalue weighted by Gasteiger charge is -2.39. The molecule has 1 saturated carbocycles. The van der Waals surface area contributed by atoms with Gasteiger partial charge in [0.15, 0.2) is 0 Å². The number of carbonyl (C=O) groups excluding carboxylic acids is 1. The fourth-order valence-corrected chi connectivity index (χ4v) is 4.57. The molecule has 3 fully saturated rings.